The summed E-state index contributed by atoms with van der Waals surface area (Å²) < 4.78 is 5.56. The van der Waals surface area contributed by atoms with Gasteiger partial charge in [-0.05, 0) is 30.5 Å². The number of hydrogen-bond acceptors (Lipinski definition) is 3. The van der Waals surface area contributed by atoms with E-state index in [1.165, 1.54) is 5.39 Å². The molecule has 0 aliphatic rings. The van der Waals surface area contributed by atoms with E-state index in [4.69, 9.17) is 4.74 Å². The van der Waals surface area contributed by atoms with Crippen molar-refractivity contribution in [2.45, 2.75) is 20.3 Å². The lowest BCUT2D eigenvalue weighted by Gasteiger charge is -2.08. The van der Waals surface area contributed by atoms with Crippen LogP contribution in [0.2, 0.25) is 0 Å². The predicted octanol–water partition coefficient (Wildman–Crippen LogP) is 3.71. The third-order valence-electron chi connectivity index (χ3n) is 2.99. The number of nitrogens with zero attached hydrogens (tertiary/aromatic N) is 1. The first-order valence-corrected chi connectivity index (χ1v) is 6.93. The molecule has 19 heavy (non-hydrogen) atoms. The minimum Gasteiger partial charge on any atom is -0.380 e. The molecule has 1 aromatic heterocycles. The molecular weight excluding hydrogens is 236 g/mol. The molecule has 3 heteroatoms. The Morgan fingerprint density at radius 3 is 2.79 bits per heavy atom. The second kappa shape index (κ2) is 7.10. The van der Waals surface area contributed by atoms with Crippen molar-refractivity contribution in [2.24, 2.45) is 5.92 Å². The van der Waals surface area contributed by atoms with Crippen LogP contribution in [0, 0.1) is 5.92 Å². The molecule has 0 aliphatic carbocycles. The number of rotatable bonds is 7. The lowest BCUT2D eigenvalue weighted by Crippen LogP contribution is -2.11. The Morgan fingerprint density at radius 1 is 1.11 bits per heavy atom. The number of ether oxygens (including phenoxy) is 1. The third-order valence-corrected chi connectivity index (χ3v) is 2.99. The Hall–Kier alpha value is -1.61. The Morgan fingerprint density at radius 2 is 1.95 bits per heavy atom. The first kappa shape index (κ1) is 13.8. The highest BCUT2D eigenvalue weighted by molar-refractivity contribution is 5.79. The third kappa shape index (κ3) is 4.52. The van der Waals surface area contributed by atoms with Gasteiger partial charge < -0.3 is 10.1 Å². The molecule has 0 radical (unpaired) electrons. The molecule has 1 heterocycles. The van der Waals surface area contributed by atoms with Crippen LogP contribution in [0.4, 0.5) is 5.82 Å². The standard InChI is InChI=1S/C16H22N2O/c1-13(2)9-11-19-12-10-17-16-8-7-14-5-3-4-6-15(14)18-16/h3-8,13H,9-12H2,1-2H3,(H,17,18). The Kier molecular flexibility index (Phi) is 5.16. The fourth-order valence-corrected chi connectivity index (χ4v) is 1.84. The lowest BCUT2D eigenvalue weighted by molar-refractivity contribution is 0.132. The summed E-state index contributed by atoms with van der Waals surface area (Å²) in [7, 11) is 0. The summed E-state index contributed by atoms with van der Waals surface area (Å²) in [5.41, 5.74) is 1.02. The molecule has 0 saturated carbocycles. The van der Waals surface area contributed by atoms with Gasteiger partial charge in [0.25, 0.3) is 0 Å². The van der Waals surface area contributed by atoms with Gasteiger partial charge in [0.05, 0.1) is 12.1 Å². The molecule has 1 N–H and O–H groups in total. The van der Waals surface area contributed by atoms with Crippen LogP contribution in [0.1, 0.15) is 20.3 Å². The smallest absolute Gasteiger partial charge is 0.126 e. The number of fused-ring (bicyclic) bond motifs is 1. The second-order valence-corrected chi connectivity index (χ2v) is 5.11. The molecular formula is C16H22N2O. The van der Waals surface area contributed by atoms with Crippen molar-refractivity contribution in [1.29, 1.82) is 0 Å². The maximum absolute atomic E-state index is 5.56. The summed E-state index contributed by atoms with van der Waals surface area (Å²) in [6.07, 6.45) is 1.12. The zero-order chi connectivity index (χ0) is 13.5. The number of aromatic nitrogens is 1. The van der Waals surface area contributed by atoms with E-state index >= 15 is 0 Å². The SMILES string of the molecule is CC(C)CCOCCNc1ccc2ccccc2n1. The van der Waals surface area contributed by atoms with Gasteiger partial charge >= 0.3 is 0 Å². The van der Waals surface area contributed by atoms with Crippen molar-refractivity contribution in [3.05, 3.63) is 36.4 Å². The van der Waals surface area contributed by atoms with Gasteiger partial charge in [-0.2, -0.15) is 0 Å². The van der Waals surface area contributed by atoms with E-state index < -0.39 is 0 Å². The fraction of sp³-hybridized carbons (Fsp3) is 0.438. The van der Waals surface area contributed by atoms with Gasteiger partial charge in [-0.1, -0.05) is 32.0 Å². The van der Waals surface area contributed by atoms with Crippen molar-refractivity contribution in [1.82, 2.24) is 4.98 Å². The van der Waals surface area contributed by atoms with E-state index in [1.807, 2.05) is 24.3 Å². The van der Waals surface area contributed by atoms with Crippen molar-refractivity contribution in [2.75, 3.05) is 25.1 Å². The first-order valence-electron chi connectivity index (χ1n) is 6.93. The molecule has 0 bridgehead atoms. The highest BCUT2D eigenvalue weighted by atomic mass is 16.5. The molecule has 0 spiro atoms. The molecule has 1 aromatic carbocycles. The molecule has 0 amide bonds. The lowest BCUT2D eigenvalue weighted by atomic mass is 10.1. The molecule has 0 fully saturated rings. The number of para-hydroxylation sites is 1. The Labute approximate surface area is 115 Å². The maximum atomic E-state index is 5.56. The van der Waals surface area contributed by atoms with Gasteiger partial charge in [0, 0.05) is 18.5 Å². The number of pyridine rings is 1. The van der Waals surface area contributed by atoms with E-state index in [1.54, 1.807) is 0 Å². The summed E-state index contributed by atoms with van der Waals surface area (Å²) in [5.74, 6) is 1.61. The molecule has 0 aliphatic heterocycles. The Balaban J connectivity index is 1.75. The second-order valence-electron chi connectivity index (χ2n) is 5.11. The van der Waals surface area contributed by atoms with Gasteiger partial charge in [-0.3, -0.25) is 0 Å². The van der Waals surface area contributed by atoms with Gasteiger partial charge in [-0.25, -0.2) is 4.98 Å². The normalized spacial score (nSPS) is 11.1. The van der Waals surface area contributed by atoms with E-state index in [0.29, 0.717) is 5.92 Å². The number of nitrogens with one attached hydrogen (secondary N) is 1. The van der Waals surface area contributed by atoms with E-state index in [2.05, 4.69) is 36.3 Å². The van der Waals surface area contributed by atoms with Crippen molar-refractivity contribution < 1.29 is 4.74 Å². The van der Waals surface area contributed by atoms with Crippen molar-refractivity contribution in [3.8, 4) is 0 Å². The predicted molar refractivity (Wildman–Crippen MR) is 80.5 cm³/mol. The number of anilines is 1. The molecule has 102 valence electrons. The molecule has 0 unspecified atom stereocenters. The molecule has 2 rings (SSSR count). The highest BCUT2D eigenvalue weighted by Gasteiger charge is 1.97. The van der Waals surface area contributed by atoms with Crippen LogP contribution in [0.15, 0.2) is 36.4 Å². The van der Waals surface area contributed by atoms with Crippen molar-refractivity contribution >= 4 is 16.7 Å². The van der Waals surface area contributed by atoms with Crippen LogP contribution in [0.25, 0.3) is 10.9 Å². The first-order chi connectivity index (χ1) is 9.25. The van der Waals surface area contributed by atoms with Gasteiger partial charge in [-0.15, -0.1) is 0 Å². The minimum atomic E-state index is 0.704. The summed E-state index contributed by atoms with van der Waals surface area (Å²) in [5, 5.41) is 4.46. The largest absolute Gasteiger partial charge is 0.380 e. The molecule has 2 aromatic rings. The van der Waals surface area contributed by atoms with Crippen LogP contribution in [0.5, 0.6) is 0 Å². The van der Waals surface area contributed by atoms with Crippen LogP contribution in [-0.2, 0) is 4.74 Å². The maximum Gasteiger partial charge on any atom is 0.126 e. The number of benzene rings is 1. The van der Waals surface area contributed by atoms with E-state index in [-0.39, 0.29) is 0 Å². The van der Waals surface area contributed by atoms with Crippen molar-refractivity contribution in [3.63, 3.8) is 0 Å². The summed E-state index contributed by atoms with van der Waals surface area (Å²) >= 11 is 0. The average Bonchev–Trinajstić information content (AvgIpc) is 2.42. The zero-order valence-electron chi connectivity index (χ0n) is 11.7. The van der Waals surface area contributed by atoms with E-state index in [9.17, 15) is 0 Å². The van der Waals surface area contributed by atoms with Crippen LogP contribution in [0.3, 0.4) is 0 Å². The minimum absolute atomic E-state index is 0.704. The topological polar surface area (TPSA) is 34.1 Å². The molecule has 0 saturated heterocycles. The highest BCUT2D eigenvalue weighted by Crippen LogP contribution is 2.14. The van der Waals surface area contributed by atoms with Crippen LogP contribution >= 0.6 is 0 Å². The van der Waals surface area contributed by atoms with Gasteiger partial charge in [0.15, 0.2) is 0 Å². The Bertz CT molecular complexity index is 511. The molecule has 0 atom stereocenters. The fourth-order valence-electron chi connectivity index (χ4n) is 1.84. The quantitative estimate of drug-likeness (QED) is 0.769. The summed E-state index contributed by atoms with van der Waals surface area (Å²) in [6, 6.07) is 12.2. The van der Waals surface area contributed by atoms with Crippen LogP contribution < -0.4 is 5.32 Å². The zero-order valence-corrected chi connectivity index (χ0v) is 11.7. The monoisotopic (exact) mass is 258 g/mol. The van der Waals surface area contributed by atoms with Gasteiger partial charge in [0.1, 0.15) is 5.82 Å². The van der Waals surface area contributed by atoms with E-state index in [0.717, 1.165) is 37.5 Å². The van der Waals surface area contributed by atoms with Gasteiger partial charge in [0.2, 0.25) is 0 Å². The summed E-state index contributed by atoms with van der Waals surface area (Å²) in [4.78, 5) is 4.55. The summed E-state index contributed by atoms with van der Waals surface area (Å²) in [6.45, 7) is 6.77. The average molecular weight is 258 g/mol. The number of hydrogen-bond donors (Lipinski definition) is 1. The van der Waals surface area contributed by atoms with Crippen LogP contribution in [-0.4, -0.2) is 24.7 Å². The molecule has 3 nitrogen and oxygen atoms in total.